The minimum atomic E-state index is -0.469. The summed E-state index contributed by atoms with van der Waals surface area (Å²) in [5.74, 6) is 0.650. The number of benzene rings is 1. The topological polar surface area (TPSA) is 90.6 Å². The number of likely N-dealkylation sites (N-methyl/N-ethyl adjacent to an activating group) is 1. The quantitative estimate of drug-likeness (QED) is 0.702. The highest BCUT2D eigenvalue weighted by Crippen LogP contribution is 2.18. The Balaban J connectivity index is 1.61. The fourth-order valence-electron chi connectivity index (χ4n) is 3.34. The minimum Gasteiger partial charge on any atom is -0.497 e. The zero-order valence-electron chi connectivity index (χ0n) is 16.4. The Hall–Kier alpha value is -2.87. The van der Waals surface area contributed by atoms with Gasteiger partial charge >= 0.3 is 0 Å². The average molecular weight is 385 g/mol. The summed E-state index contributed by atoms with van der Waals surface area (Å²) in [6.45, 7) is 2.48. The van der Waals surface area contributed by atoms with E-state index in [0.717, 1.165) is 23.3 Å². The van der Waals surface area contributed by atoms with E-state index in [1.807, 2.05) is 30.5 Å². The van der Waals surface area contributed by atoms with E-state index in [1.54, 1.807) is 25.3 Å². The maximum Gasteiger partial charge on any atom is 0.237 e. The summed E-state index contributed by atoms with van der Waals surface area (Å²) in [5.41, 5.74) is 2.11. The fraction of sp³-hybridized carbons (Fsp3) is 0.450. The predicted molar refractivity (Wildman–Crippen MR) is 105 cm³/mol. The van der Waals surface area contributed by atoms with Crippen molar-refractivity contribution in [3.8, 4) is 5.75 Å². The van der Waals surface area contributed by atoms with E-state index in [9.17, 15) is 9.59 Å². The van der Waals surface area contributed by atoms with Gasteiger partial charge in [0.05, 0.1) is 25.8 Å². The monoisotopic (exact) mass is 385 g/mol. The van der Waals surface area contributed by atoms with E-state index in [2.05, 4.69) is 20.4 Å². The Kier molecular flexibility index (Phi) is 6.65. The van der Waals surface area contributed by atoms with Gasteiger partial charge in [0.25, 0.3) is 0 Å². The van der Waals surface area contributed by atoms with Gasteiger partial charge in [-0.3, -0.25) is 19.6 Å². The number of methoxy groups -OCH3 is 1. The molecule has 1 aromatic heterocycles. The second kappa shape index (κ2) is 9.36. The number of hydrogen-bond donors (Lipinski definition) is 2. The van der Waals surface area contributed by atoms with Crippen LogP contribution in [0, 0.1) is 0 Å². The first kappa shape index (κ1) is 19.9. The van der Waals surface area contributed by atoms with Crippen LogP contribution >= 0.6 is 0 Å². The van der Waals surface area contributed by atoms with Crippen LogP contribution in [0.15, 0.2) is 36.7 Å². The third-order valence-electron chi connectivity index (χ3n) is 5.05. The number of carbonyl (C=O) groups is 2. The van der Waals surface area contributed by atoms with Gasteiger partial charge in [0.1, 0.15) is 5.75 Å². The van der Waals surface area contributed by atoms with Crippen LogP contribution in [0.2, 0.25) is 0 Å². The highest BCUT2D eigenvalue weighted by atomic mass is 16.5. The Labute approximate surface area is 164 Å². The molecule has 2 aromatic rings. The number of aromatic nitrogens is 2. The predicted octanol–water partition coefficient (Wildman–Crippen LogP) is 0.810. The van der Waals surface area contributed by atoms with E-state index in [0.29, 0.717) is 26.2 Å². The van der Waals surface area contributed by atoms with Crippen molar-refractivity contribution < 1.29 is 14.3 Å². The van der Waals surface area contributed by atoms with Crippen molar-refractivity contribution in [1.82, 2.24) is 25.3 Å². The van der Waals surface area contributed by atoms with Gasteiger partial charge in [0.15, 0.2) is 0 Å². The smallest absolute Gasteiger partial charge is 0.237 e. The Morgan fingerprint density at radius 3 is 3.00 bits per heavy atom. The number of ether oxygens (including phenoxy) is 1. The molecule has 1 aromatic carbocycles. The molecule has 2 amide bonds. The van der Waals surface area contributed by atoms with Crippen molar-refractivity contribution in [2.75, 3.05) is 33.8 Å². The minimum absolute atomic E-state index is 0.0406. The molecular formula is C20H27N5O3. The van der Waals surface area contributed by atoms with Crippen LogP contribution in [0.1, 0.15) is 17.5 Å². The van der Waals surface area contributed by atoms with Crippen molar-refractivity contribution in [1.29, 1.82) is 0 Å². The molecule has 1 aliphatic rings. The van der Waals surface area contributed by atoms with Crippen LogP contribution in [0.5, 0.6) is 5.75 Å². The normalized spacial score (nSPS) is 17.2. The van der Waals surface area contributed by atoms with Gasteiger partial charge in [-0.2, -0.15) is 5.10 Å². The third kappa shape index (κ3) is 5.10. The zero-order chi connectivity index (χ0) is 19.9. The first-order chi connectivity index (χ1) is 13.6. The van der Waals surface area contributed by atoms with Crippen molar-refractivity contribution in [2.24, 2.45) is 0 Å². The third-order valence-corrected chi connectivity index (χ3v) is 5.05. The lowest BCUT2D eigenvalue weighted by molar-refractivity contribution is -0.138. The summed E-state index contributed by atoms with van der Waals surface area (Å²) in [7, 11) is 3.41. The molecule has 1 saturated heterocycles. The molecular weight excluding hydrogens is 358 g/mol. The highest BCUT2D eigenvalue weighted by molar-refractivity contribution is 5.88. The summed E-state index contributed by atoms with van der Waals surface area (Å²) >= 11 is 0. The first-order valence-electron chi connectivity index (χ1n) is 9.43. The number of piperazine rings is 1. The number of amides is 2. The molecule has 28 heavy (non-hydrogen) atoms. The van der Waals surface area contributed by atoms with E-state index in [4.69, 9.17) is 4.74 Å². The molecule has 2 N–H and O–H groups in total. The van der Waals surface area contributed by atoms with Crippen molar-refractivity contribution in [3.05, 3.63) is 47.8 Å². The summed E-state index contributed by atoms with van der Waals surface area (Å²) < 4.78 is 5.28. The lowest BCUT2D eigenvalue weighted by atomic mass is 10.1. The molecule has 8 nitrogen and oxygen atoms in total. The molecule has 1 fully saturated rings. The molecule has 0 bridgehead atoms. The van der Waals surface area contributed by atoms with E-state index >= 15 is 0 Å². The van der Waals surface area contributed by atoms with Gasteiger partial charge in [-0.05, 0) is 29.7 Å². The largest absolute Gasteiger partial charge is 0.497 e. The second-order valence-corrected chi connectivity index (χ2v) is 7.00. The van der Waals surface area contributed by atoms with Crippen LogP contribution < -0.4 is 10.1 Å². The second-order valence-electron chi connectivity index (χ2n) is 7.00. The number of nitrogens with one attached hydrogen (secondary N) is 2. The molecule has 0 saturated carbocycles. The van der Waals surface area contributed by atoms with Gasteiger partial charge in [-0.25, -0.2) is 0 Å². The standard InChI is InChI=1S/C20H27N5O3/c1-24(8-6-16-12-22-23-13-16)19(26)11-18-20(27)21-7-9-25(18)14-15-4-3-5-17(10-15)28-2/h3-5,10,12-13,18H,6-9,11,14H2,1-2H3,(H,21,27)(H,22,23). The molecule has 8 heteroatoms. The van der Waals surface area contributed by atoms with E-state index in [-0.39, 0.29) is 18.2 Å². The Morgan fingerprint density at radius 1 is 1.39 bits per heavy atom. The maximum absolute atomic E-state index is 12.7. The molecule has 3 rings (SSSR count). The van der Waals surface area contributed by atoms with Crippen LogP contribution in [-0.4, -0.2) is 71.6 Å². The van der Waals surface area contributed by atoms with Gasteiger partial charge in [-0.15, -0.1) is 0 Å². The lowest BCUT2D eigenvalue weighted by Gasteiger charge is -2.35. The first-order valence-corrected chi connectivity index (χ1v) is 9.43. The molecule has 0 aliphatic carbocycles. The van der Waals surface area contributed by atoms with Gasteiger partial charge in [0.2, 0.25) is 11.8 Å². The van der Waals surface area contributed by atoms with Gasteiger partial charge < -0.3 is 15.0 Å². The highest BCUT2D eigenvalue weighted by Gasteiger charge is 2.32. The summed E-state index contributed by atoms with van der Waals surface area (Å²) in [6.07, 6.45) is 4.46. The number of aromatic amines is 1. The summed E-state index contributed by atoms with van der Waals surface area (Å²) in [5, 5.41) is 9.56. The number of rotatable bonds is 8. The molecule has 1 unspecified atom stereocenters. The van der Waals surface area contributed by atoms with Crippen LogP contribution in [0.4, 0.5) is 0 Å². The van der Waals surface area contributed by atoms with Crippen molar-refractivity contribution in [3.63, 3.8) is 0 Å². The molecule has 2 heterocycles. The van der Waals surface area contributed by atoms with Crippen LogP contribution in [-0.2, 0) is 22.6 Å². The maximum atomic E-state index is 12.7. The number of nitrogens with zero attached hydrogens (tertiary/aromatic N) is 3. The SMILES string of the molecule is COc1cccc(CN2CCNC(=O)C2CC(=O)N(C)CCc2cn[nH]c2)c1. The number of hydrogen-bond acceptors (Lipinski definition) is 5. The van der Waals surface area contributed by atoms with Crippen molar-refractivity contribution in [2.45, 2.75) is 25.4 Å². The van der Waals surface area contributed by atoms with Gasteiger partial charge in [0, 0.05) is 39.4 Å². The Bertz CT molecular complexity index is 793. The van der Waals surface area contributed by atoms with Crippen LogP contribution in [0.25, 0.3) is 0 Å². The molecule has 0 spiro atoms. The molecule has 1 aliphatic heterocycles. The molecule has 1 atom stereocenters. The van der Waals surface area contributed by atoms with Crippen molar-refractivity contribution >= 4 is 11.8 Å². The van der Waals surface area contributed by atoms with Gasteiger partial charge in [-0.1, -0.05) is 12.1 Å². The van der Waals surface area contributed by atoms with Crippen LogP contribution in [0.3, 0.4) is 0 Å². The van der Waals surface area contributed by atoms with E-state index in [1.165, 1.54) is 0 Å². The lowest BCUT2D eigenvalue weighted by Crippen LogP contribution is -2.56. The summed E-state index contributed by atoms with van der Waals surface area (Å²) in [4.78, 5) is 28.9. The Morgan fingerprint density at radius 2 is 2.25 bits per heavy atom. The zero-order valence-corrected chi connectivity index (χ0v) is 16.4. The average Bonchev–Trinajstić information content (AvgIpc) is 3.22. The number of carbonyl (C=O) groups excluding carboxylic acids is 2. The molecule has 0 radical (unpaired) electrons. The summed E-state index contributed by atoms with van der Waals surface area (Å²) in [6, 6.07) is 7.32. The fourth-order valence-corrected chi connectivity index (χ4v) is 3.34. The molecule has 150 valence electrons. The van der Waals surface area contributed by atoms with E-state index < -0.39 is 6.04 Å². The number of H-pyrrole nitrogens is 1.